The molecular formula is C28H26F3N5O. The molecule has 1 atom stereocenters. The molecule has 6 nitrogen and oxygen atoms in total. The van der Waals surface area contributed by atoms with E-state index in [9.17, 15) is 23.2 Å². The number of halogens is 3. The van der Waals surface area contributed by atoms with E-state index in [1.165, 1.54) is 23.3 Å². The van der Waals surface area contributed by atoms with E-state index >= 15 is 0 Å². The molecule has 1 saturated heterocycles. The van der Waals surface area contributed by atoms with Crippen LogP contribution in [0.4, 0.5) is 18.9 Å². The van der Waals surface area contributed by atoms with E-state index < -0.39 is 18.1 Å². The van der Waals surface area contributed by atoms with Crippen LogP contribution >= 0.6 is 0 Å². The van der Waals surface area contributed by atoms with Gasteiger partial charge in [0.15, 0.2) is 6.04 Å². The Hall–Kier alpha value is -4.19. The minimum absolute atomic E-state index is 0.0564. The van der Waals surface area contributed by atoms with E-state index in [0.717, 1.165) is 27.3 Å². The van der Waals surface area contributed by atoms with Crippen molar-refractivity contribution in [1.82, 2.24) is 15.5 Å². The van der Waals surface area contributed by atoms with Crippen molar-refractivity contribution >= 4 is 23.9 Å². The van der Waals surface area contributed by atoms with Crippen LogP contribution < -0.4 is 26.4 Å². The normalized spacial score (nSPS) is 19.2. The lowest BCUT2D eigenvalue weighted by molar-refractivity contribution is -0.151. The smallest absolute Gasteiger partial charge is 0.387 e. The maximum absolute atomic E-state index is 13.4. The number of piperidine rings is 1. The highest BCUT2D eigenvalue weighted by Crippen LogP contribution is 2.29. The number of hydrogen-bond donors (Lipinski definition) is 3. The van der Waals surface area contributed by atoms with E-state index in [1.807, 2.05) is 24.4 Å². The average molecular weight is 506 g/mol. The maximum Gasteiger partial charge on any atom is 0.412 e. The van der Waals surface area contributed by atoms with Crippen LogP contribution in [0.15, 0.2) is 60.3 Å². The first kappa shape index (κ1) is 24.5. The Bertz CT molecular complexity index is 1430. The molecule has 1 fully saturated rings. The maximum atomic E-state index is 13.4. The molecule has 3 heterocycles. The summed E-state index contributed by atoms with van der Waals surface area (Å²) in [6.45, 7) is 1.44. The number of allylic oxidation sites excluding steroid dienone is 2. The summed E-state index contributed by atoms with van der Waals surface area (Å²) in [5.41, 5.74) is 3.18. The first-order chi connectivity index (χ1) is 17.8. The van der Waals surface area contributed by atoms with Gasteiger partial charge in [-0.15, -0.1) is 0 Å². The molecule has 3 aliphatic rings. The van der Waals surface area contributed by atoms with E-state index in [2.05, 4.69) is 40.2 Å². The molecule has 1 amide bonds. The number of anilines is 1. The average Bonchev–Trinajstić information content (AvgIpc) is 2.92. The Kier molecular flexibility index (Phi) is 6.66. The van der Waals surface area contributed by atoms with Crippen molar-refractivity contribution in [3.8, 4) is 17.2 Å². The van der Waals surface area contributed by atoms with Crippen LogP contribution in [0, 0.1) is 11.3 Å². The summed E-state index contributed by atoms with van der Waals surface area (Å²) in [5, 5.41) is 20.5. The topological polar surface area (TPSA) is 80.2 Å². The number of likely N-dealkylation sites (tertiary alicyclic amines) is 1. The van der Waals surface area contributed by atoms with Gasteiger partial charge in [-0.1, -0.05) is 18.2 Å². The van der Waals surface area contributed by atoms with Crippen molar-refractivity contribution in [2.45, 2.75) is 31.1 Å². The number of nitriles is 1. The zero-order valence-electron chi connectivity index (χ0n) is 20.0. The number of hydrogen-bond acceptors (Lipinski definition) is 5. The van der Waals surface area contributed by atoms with Crippen LogP contribution in [0.1, 0.15) is 18.4 Å². The van der Waals surface area contributed by atoms with Crippen LogP contribution in [0.2, 0.25) is 0 Å². The van der Waals surface area contributed by atoms with Crippen LogP contribution in [0.5, 0.6) is 0 Å². The minimum Gasteiger partial charge on any atom is -0.387 e. The van der Waals surface area contributed by atoms with Gasteiger partial charge in [0.1, 0.15) is 0 Å². The lowest BCUT2D eigenvalue weighted by atomic mass is 9.97. The number of alkyl halides is 3. The minimum atomic E-state index is -4.55. The number of carbonyl (C=O) groups excluding carboxylic acids is 1. The molecule has 190 valence electrons. The summed E-state index contributed by atoms with van der Waals surface area (Å²) < 4.78 is 40.2. The number of fused-ring (bicyclic) bond motifs is 1. The number of carbonyl (C=O) groups is 1. The van der Waals surface area contributed by atoms with Crippen molar-refractivity contribution in [3.05, 3.63) is 76.3 Å². The van der Waals surface area contributed by atoms with Gasteiger partial charge in [0.05, 0.1) is 11.6 Å². The van der Waals surface area contributed by atoms with Gasteiger partial charge in [-0.3, -0.25) is 4.79 Å². The lowest BCUT2D eigenvalue weighted by Crippen LogP contribution is -2.50. The Morgan fingerprint density at radius 1 is 1.14 bits per heavy atom. The Balaban J connectivity index is 1.33. The van der Waals surface area contributed by atoms with Gasteiger partial charge in [-0.05, 0) is 71.8 Å². The summed E-state index contributed by atoms with van der Waals surface area (Å²) in [6, 6.07) is 11.9. The predicted molar refractivity (Wildman–Crippen MR) is 136 cm³/mol. The quantitative estimate of drug-likeness (QED) is 0.596. The lowest BCUT2D eigenvalue weighted by Gasteiger charge is -2.35. The van der Waals surface area contributed by atoms with E-state index in [0.29, 0.717) is 38.0 Å². The van der Waals surface area contributed by atoms with Crippen LogP contribution in [0.25, 0.3) is 23.4 Å². The predicted octanol–water partition coefficient (Wildman–Crippen LogP) is 2.72. The van der Waals surface area contributed by atoms with Gasteiger partial charge in [0.2, 0.25) is 0 Å². The number of nitrogens with zero attached hydrogens (tertiary/aromatic N) is 2. The van der Waals surface area contributed by atoms with Crippen LogP contribution in [-0.4, -0.2) is 48.7 Å². The molecule has 37 heavy (non-hydrogen) atoms. The second-order valence-corrected chi connectivity index (χ2v) is 9.31. The number of amides is 1. The molecule has 0 spiro atoms. The summed E-state index contributed by atoms with van der Waals surface area (Å²) in [5.74, 6) is -0.582. The van der Waals surface area contributed by atoms with Gasteiger partial charge in [-0.25, -0.2) is 0 Å². The van der Waals surface area contributed by atoms with E-state index in [-0.39, 0.29) is 11.6 Å². The molecule has 0 aliphatic carbocycles. The van der Waals surface area contributed by atoms with Crippen molar-refractivity contribution in [3.63, 3.8) is 0 Å². The second-order valence-electron chi connectivity index (χ2n) is 9.31. The van der Waals surface area contributed by atoms with Crippen molar-refractivity contribution in [1.29, 1.82) is 5.26 Å². The molecule has 2 aromatic rings. The Morgan fingerprint density at radius 2 is 1.95 bits per heavy atom. The molecule has 0 radical (unpaired) electrons. The largest absolute Gasteiger partial charge is 0.412 e. The number of rotatable bonds is 4. The summed E-state index contributed by atoms with van der Waals surface area (Å²) in [7, 11) is 0. The van der Waals surface area contributed by atoms with E-state index in [4.69, 9.17) is 0 Å². The first-order valence-corrected chi connectivity index (χ1v) is 12.2. The van der Waals surface area contributed by atoms with Crippen molar-refractivity contribution in [2.24, 2.45) is 0 Å². The van der Waals surface area contributed by atoms with Gasteiger partial charge in [-0.2, -0.15) is 18.4 Å². The van der Waals surface area contributed by atoms with Gasteiger partial charge in [0.25, 0.3) is 5.91 Å². The zero-order valence-corrected chi connectivity index (χ0v) is 20.0. The van der Waals surface area contributed by atoms with Crippen LogP contribution in [-0.2, 0) is 4.79 Å². The molecule has 3 aliphatic heterocycles. The molecule has 0 saturated carbocycles. The van der Waals surface area contributed by atoms with Gasteiger partial charge >= 0.3 is 6.18 Å². The molecule has 5 rings (SSSR count). The zero-order chi connectivity index (χ0) is 26.0. The highest BCUT2D eigenvalue weighted by molar-refractivity contribution is 5.95. The first-order valence-electron chi connectivity index (χ1n) is 12.2. The number of nitrogens with one attached hydrogen (secondary N) is 3. The Morgan fingerprint density at radius 3 is 2.70 bits per heavy atom. The van der Waals surface area contributed by atoms with Crippen molar-refractivity contribution in [2.75, 3.05) is 25.0 Å². The molecule has 9 heteroatoms. The summed E-state index contributed by atoms with van der Waals surface area (Å²) in [6.07, 6.45) is 4.63. The summed E-state index contributed by atoms with van der Waals surface area (Å²) >= 11 is 0. The molecule has 2 aromatic carbocycles. The third-order valence-corrected chi connectivity index (χ3v) is 6.89. The molecule has 1 unspecified atom stereocenters. The fourth-order valence-electron chi connectivity index (χ4n) is 4.97. The van der Waals surface area contributed by atoms with Gasteiger partial charge in [0, 0.05) is 48.4 Å². The van der Waals surface area contributed by atoms with Crippen LogP contribution in [0.3, 0.4) is 0 Å². The fraction of sp³-hybridized carbons (Fsp3) is 0.286. The fourth-order valence-corrected chi connectivity index (χ4v) is 4.97. The third-order valence-electron chi connectivity index (χ3n) is 6.89. The SMILES string of the molecule is N#Cc1cccc(-c2cc(NC3CCN(C(=O)C4=CC=CNC4C(F)(F)F)CC3)c3c(c2)=CCNC=3)c1. The van der Waals surface area contributed by atoms with Gasteiger partial charge < -0.3 is 20.9 Å². The monoisotopic (exact) mass is 505 g/mol. The molecule has 3 N–H and O–H groups in total. The summed E-state index contributed by atoms with van der Waals surface area (Å²) in [4.78, 5) is 14.4. The molecular weight excluding hydrogens is 479 g/mol. The Labute approximate surface area is 212 Å². The standard InChI is InChI=1S/C28H26F3N5O/c29-28(30,31)26-23(5-2-9-34-26)27(37)36-11-7-22(8-12-36)35-25-15-21(14-20-6-10-33-17-24(20)25)19-4-1-3-18(13-19)16-32/h1-6,9,13-15,17,22,26,33-35H,7-8,10-12H2. The second kappa shape index (κ2) is 10.1. The van der Waals surface area contributed by atoms with Crippen molar-refractivity contribution < 1.29 is 18.0 Å². The third kappa shape index (κ3) is 5.19. The number of dihydropyridines is 1. The highest BCUT2D eigenvalue weighted by Gasteiger charge is 2.45. The highest BCUT2D eigenvalue weighted by atomic mass is 19.4. The number of benzene rings is 2. The molecule has 0 aromatic heterocycles. The molecule has 0 bridgehead atoms. The van der Waals surface area contributed by atoms with E-state index in [1.54, 1.807) is 6.07 Å².